The van der Waals surface area contributed by atoms with Crippen molar-refractivity contribution >= 4 is 5.91 Å². The van der Waals surface area contributed by atoms with Gasteiger partial charge in [-0.1, -0.05) is 39.3 Å². The number of rotatable bonds is 6. The first-order chi connectivity index (χ1) is 11.3. The van der Waals surface area contributed by atoms with Crippen LogP contribution >= 0.6 is 0 Å². The van der Waals surface area contributed by atoms with Crippen molar-refractivity contribution in [3.63, 3.8) is 0 Å². The number of benzene rings is 1. The molecule has 0 radical (unpaired) electrons. The molecule has 1 aromatic carbocycles. The fraction of sp³-hybridized carbons (Fsp3) is 0.632. The molecule has 0 saturated carbocycles. The van der Waals surface area contributed by atoms with E-state index >= 15 is 0 Å². The number of β-amino-alcohol motifs (C(OH)–C–C–N with tert-alkyl or cyclic N) is 1. The van der Waals surface area contributed by atoms with Crippen molar-refractivity contribution in [3.8, 4) is 5.75 Å². The summed E-state index contributed by atoms with van der Waals surface area (Å²) in [5.41, 5.74) is 6.80. The fourth-order valence-electron chi connectivity index (χ4n) is 3.10. The van der Waals surface area contributed by atoms with E-state index < -0.39 is 6.10 Å². The maximum absolute atomic E-state index is 11.5. The molecule has 5 heteroatoms. The normalized spacial score (nSPS) is 20.6. The van der Waals surface area contributed by atoms with Gasteiger partial charge in [0.2, 0.25) is 5.91 Å². The van der Waals surface area contributed by atoms with Crippen LogP contribution in [0.4, 0.5) is 0 Å². The number of carbonyl (C=O) groups excluding carboxylic acids is 1. The number of primary amides is 1. The Morgan fingerprint density at radius 3 is 2.58 bits per heavy atom. The summed E-state index contributed by atoms with van der Waals surface area (Å²) in [6.45, 7) is 7.91. The minimum Gasteiger partial charge on any atom is -0.491 e. The number of piperidine rings is 1. The number of hydrogen-bond donors (Lipinski definition) is 2. The van der Waals surface area contributed by atoms with Gasteiger partial charge in [-0.05, 0) is 42.5 Å². The van der Waals surface area contributed by atoms with Gasteiger partial charge in [0.05, 0.1) is 6.04 Å². The average Bonchev–Trinajstić information content (AvgIpc) is 2.53. The molecule has 1 saturated heterocycles. The third-order valence-electron chi connectivity index (χ3n) is 4.55. The number of nitrogens with two attached hydrogens (primary N) is 1. The first kappa shape index (κ1) is 18.7. The number of nitrogens with zero attached hydrogens (tertiary/aromatic N) is 1. The number of aliphatic hydroxyl groups is 1. The first-order valence-corrected chi connectivity index (χ1v) is 8.72. The molecule has 24 heavy (non-hydrogen) atoms. The van der Waals surface area contributed by atoms with E-state index in [-0.39, 0.29) is 24.0 Å². The fourth-order valence-corrected chi connectivity index (χ4v) is 3.10. The van der Waals surface area contributed by atoms with E-state index in [0.717, 1.165) is 31.6 Å². The Morgan fingerprint density at radius 2 is 2.00 bits per heavy atom. The van der Waals surface area contributed by atoms with Gasteiger partial charge in [0.25, 0.3) is 0 Å². The van der Waals surface area contributed by atoms with Gasteiger partial charge in [0, 0.05) is 6.54 Å². The minimum atomic E-state index is -0.646. The molecule has 1 aliphatic rings. The molecule has 134 valence electrons. The van der Waals surface area contributed by atoms with Gasteiger partial charge in [-0.15, -0.1) is 0 Å². The predicted molar refractivity (Wildman–Crippen MR) is 95.1 cm³/mol. The molecule has 2 unspecified atom stereocenters. The molecule has 1 heterocycles. The van der Waals surface area contributed by atoms with Crippen LogP contribution in [0, 0.1) is 0 Å². The lowest BCUT2D eigenvalue weighted by molar-refractivity contribution is -0.125. The Bertz CT molecular complexity index is 537. The Morgan fingerprint density at radius 1 is 1.33 bits per heavy atom. The Hall–Kier alpha value is -1.59. The molecular formula is C19H30N2O3. The Balaban J connectivity index is 1.84. The summed E-state index contributed by atoms with van der Waals surface area (Å²) >= 11 is 0. The van der Waals surface area contributed by atoms with Crippen molar-refractivity contribution in [2.45, 2.75) is 57.6 Å². The number of carbonyl (C=O) groups is 1. The smallest absolute Gasteiger partial charge is 0.234 e. The van der Waals surface area contributed by atoms with Crippen LogP contribution in [-0.2, 0) is 10.2 Å². The first-order valence-electron chi connectivity index (χ1n) is 8.72. The van der Waals surface area contributed by atoms with Crippen molar-refractivity contribution in [1.29, 1.82) is 0 Å². The van der Waals surface area contributed by atoms with Gasteiger partial charge in [0.15, 0.2) is 0 Å². The summed E-state index contributed by atoms with van der Waals surface area (Å²) in [5, 5.41) is 10.2. The molecule has 1 amide bonds. The van der Waals surface area contributed by atoms with Crippen molar-refractivity contribution < 1.29 is 14.6 Å². The molecule has 0 bridgehead atoms. The van der Waals surface area contributed by atoms with Gasteiger partial charge in [-0.3, -0.25) is 9.69 Å². The SMILES string of the molecule is CC(C)(C)c1ccc(OCC(O)CN2CCCCC2C(N)=O)cc1. The molecule has 1 aliphatic heterocycles. The van der Waals surface area contributed by atoms with Crippen LogP contribution in [0.5, 0.6) is 5.75 Å². The average molecular weight is 334 g/mol. The molecule has 2 atom stereocenters. The predicted octanol–water partition coefficient (Wildman–Crippen LogP) is 2.06. The lowest BCUT2D eigenvalue weighted by Gasteiger charge is -2.34. The molecule has 1 fully saturated rings. The maximum Gasteiger partial charge on any atom is 0.234 e. The van der Waals surface area contributed by atoms with Crippen molar-refractivity contribution in [3.05, 3.63) is 29.8 Å². The van der Waals surface area contributed by atoms with E-state index in [0.29, 0.717) is 6.54 Å². The van der Waals surface area contributed by atoms with E-state index in [1.165, 1.54) is 5.56 Å². The van der Waals surface area contributed by atoms with Gasteiger partial charge in [-0.25, -0.2) is 0 Å². The topological polar surface area (TPSA) is 75.8 Å². The number of hydrogen-bond acceptors (Lipinski definition) is 4. The van der Waals surface area contributed by atoms with Crippen molar-refractivity contribution in [1.82, 2.24) is 4.90 Å². The summed E-state index contributed by atoms with van der Waals surface area (Å²) in [6, 6.07) is 7.70. The molecule has 0 spiro atoms. The summed E-state index contributed by atoms with van der Waals surface area (Å²) in [7, 11) is 0. The van der Waals surface area contributed by atoms with Gasteiger partial charge < -0.3 is 15.6 Å². The zero-order valence-corrected chi connectivity index (χ0v) is 15.0. The zero-order chi connectivity index (χ0) is 17.7. The standard InChI is InChI=1S/C19H30N2O3/c1-19(2,3)14-7-9-16(10-8-14)24-13-15(22)12-21-11-5-4-6-17(21)18(20)23/h7-10,15,17,22H,4-6,11-13H2,1-3H3,(H2,20,23). The molecule has 0 aromatic heterocycles. The van der Waals surface area contributed by atoms with E-state index in [9.17, 15) is 9.90 Å². The summed E-state index contributed by atoms with van der Waals surface area (Å²) in [6.07, 6.45) is 2.17. The molecule has 5 nitrogen and oxygen atoms in total. The second-order valence-electron chi connectivity index (χ2n) is 7.65. The molecule has 3 N–H and O–H groups in total. The second kappa shape index (κ2) is 7.99. The van der Waals surface area contributed by atoms with E-state index in [2.05, 4.69) is 32.9 Å². The molecule has 1 aromatic rings. The number of ether oxygens (including phenoxy) is 1. The van der Waals surface area contributed by atoms with Crippen LogP contribution in [0.1, 0.15) is 45.6 Å². The van der Waals surface area contributed by atoms with Crippen LogP contribution in [-0.4, -0.2) is 47.8 Å². The van der Waals surface area contributed by atoms with E-state index in [1.54, 1.807) is 0 Å². The van der Waals surface area contributed by atoms with Crippen molar-refractivity contribution in [2.24, 2.45) is 5.73 Å². The third-order valence-corrected chi connectivity index (χ3v) is 4.55. The largest absolute Gasteiger partial charge is 0.491 e. The number of amides is 1. The van der Waals surface area contributed by atoms with E-state index in [1.807, 2.05) is 17.0 Å². The molecular weight excluding hydrogens is 304 g/mol. The lowest BCUT2D eigenvalue weighted by atomic mass is 9.87. The van der Waals surface area contributed by atoms with Gasteiger partial charge in [-0.2, -0.15) is 0 Å². The second-order valence-corrected chi connectivity index (χ2v) is 7.65. The van der Waals surface area contributed by atoms with Crippen LogP contribution in [0.15, 0.2) is 24.3 Å². The van der Waals surface area contributed by atoms with Crippen LogP contribution < -0.4 is 10.5 Å². The summed E-state index contributed by atoms with van der Waals surface area (Å²) in [5.74, 6) is 0.438. The highest BCUT2D eigenvalue weighted by Crippen LogP contribution is 2.24. The van der Waals surface area contributed by atoms with E-state index in [4.69, 9.17) is 10.5 Å². The molecule has 0 aliphatic carbocycles. The number of aliphatic hydroxyl groups excluding tert-OH is 1. The van der Waals surface area contributed by atoms with Gasteiger partial charge >= 0.3 is 0 Å². The van der Waals surface area contributed by atoms with Crippen LogP contribution in [0.25, 0.3) is 0 Å². The van der Waals surface area contributed by atoms with Crippen LogP contribution in [0.3, 0.4) is 0 Å². The highest BCUT2D eigenvalue weighted by Gasteiger charge is 2.28. The minimum absolute atomic E-state index is 0.107. The molecule has 2 rings (SSSR count). The lowest BCUT2D eigenvalue weighted by Crippen LogP contribution is -2.50. The maximum atomic E-state index is 11.5. The van der Waals surface area contributed by atoms with Crippen molar-refractivity contribution in [2.75, 3.05) is 19.7 Å². The summed E-state index contributed by atoms with van der Waals surface area (Å²) < 4.78 is 5.68. The highest BCUT2D eigenvalue weighted by atomic mass is 16.5. The highest BCUT2D eigenvalue weighted by molar-refractivity contribution is 5.79. The Kier molecular flexibility index (Phi) is 6.24. The third kappa shape index (κ3) is 5.21. The van der Waals surface area contributed by atoms with Gasteiger partial charge in [0.1, 0.15) is 18.5 Å². The Labute approximate surface area is 144 Å². The number of likely N-dealkylation sites (tertiary alicyclic amines) is 1. The zero-order valence-electron chi connectivity index (χ0n) is 15.0. The quantitative estimate of drug-likeness (QED) is 0.835. The monoisotopic (exact) mass is 334 g/mol. The summed E-state index contributed by atoms with van der Waals surface area (Å²) in [4.78, 5) is 13.5. The van der Waals surface area contributed by atoms with Crippen LogP contribution in [0.2, 0.25) is 0 Å².